The van der Waals surface area contributed by atoms with Crippen LogP contribution >= 0.6 is 0 Å². The van der Waals surface area contributed by atoms with E-state index in [4.69, 9.17) is 4.74 Å². The number of hydrogen-bond acceptors (Lipinski definition) is 5. The van der Waals surface area contributed by atoms with E-state index in [-0.39, 0.29) is 5.97 Å². The van der Waals surface area contributed by atoms with E-state index in [1.807, 2.05) is 65.4 Å². The van der Waals surface area contributed by atoms with Crippen molar-refractivity contribution in [3.05, 3.63) is 72.2 Å². The zero-order valence-electron chi connectivity index (χ0n) is 14.3. The summed E-state index contributed by atoms with van der Waals surface area (Å²) in [6.07, 6.45) is 5.38. The molecule has 1 aromatic carbocycles. The van der Waals surface area contributed by atoms with Gasteiger partial charge in [0, 0.05) is 31.5 Å². The van der Waals surface area contributed by atoms with Crippen molar-refractivity contribution in [3.63, 3.8) is 0 Å². The first kappa shape index (κ1) is 16.7. The number of carbonyl (C=O) groups is 1. The Kier molecular flexibility index (Phi) is 5.09. The molecule has 0 unspecified atom stereocenters. The number of carbonyl (C=O) groups excluding carboxylic acids is 1. The van der Waals surface area contributed by atoms with E-state index < -0.39 is 0 Å². The molecule has 0 aliphatic rings. The maximum Gasteiger partial charge on any atom is 0.339 e. The summed E-state index contributed by atoms with van der Waals surface area (Å²) in [4.78, 5) is 18.0. The van der Waals surface area contributed by atoms with Crippen LogP contribution in [-0.2, 0) is 11.3 Å². The summed E-state index contributed by atoms with van der Waals surface area (Å²) in [6.45, 7) is 2.80. The number of nitrogens with zero attached hydrogens (tertiary/aromatic N) is 4. The summed E-state index contributed by atoms with van der Waals surface area (Å²) in [7, 11) is 1.95. The molecule has 3 rings (SSSR count). The Labute approximate surface area is 146 Å². The molecule has 0 saturated heterocycles. The molecule has 6 nitrogen and oxygen atoms in total. The summed E-state index contributed by atoms with van der Waals surface area (Å²) in [5.41, 5.74) is 2.55. The molecule has 0 atom stereocenters. The van der Waals surface area contributed by atoms with Crippen molar-refractivity contribution in [2.24, 2.45) is 0 Å². The van der Waals surface area contributed by atoms with E-state index >= 15 is 0 Å². The van der Waals surface area contributed by atoms with Gasteiger partial charge in [0.25, 0.3) is 0 Å². The molecule has 6 heteroatoms. The normalized spacial score (nSPS) is 10.5. The van der Waals surface area contributed by atoms with Crippen molar-refractivity contribution >= 4 is 11.8 Å². The van der Waals surface area contributed by atoms with Gasteiger partial charge < -0.3 is 9.64 Å². The Morgan fingerprint density at radius 2 is 1.96 bits per heavy atom. The standard InChI is InChI=1S/C19H20N4O2/c1-3-25-19(24)16-9-10-18(20-12-16)22(2)13-15-11-21-23(14-15)17-7-5-4-6-8-17/h4-12,14H,3,13H2,1-2H3. The van der Waals surface area contributed by atoms with E-state index in [0.29, 0.717) is 18.7 Å². The van der Waals surface area contributed by atoms with Crippen LogP contribution in [0.3, 0.4) is 0 Å². The molecule has 3 aromatic rings. The number of pyridine rings is 1. The summed E-state index contributed by atoms with van der Waals surface area (Å²) < 4.78 is 6.81. The molecule has 0 radical (unpaired) electrons. The Morgan fingerprint density at radius 3 is 2.64 bits per heavy atom. The van der Waals surface area contributed by atoms with Crippen LogP contribution in [0.25, 0.3) is 5.69 Å². The minimum atomic E-state index is -0.353. The van der Waals surface area contributed by atoms with Crippen LogP contribution in [0.1, 0.15) is 22.8 Å². The number of ether oxygens (including phenoxy) is 1. The molecule has 0 amide bonds. The highest BCUT2D eigenvalue weighted by Gasteiger charge is 2.10. The van der Waals surface area contributed by atoms with Crippen molar-refractivity contribution in [3.8, 4) is 5.69 Å². The molecule has 0 saturated carbocycles. The van der Waals surface area contributed by atoms with Crippen molar-refractivity contribution in [1.82, 2.24) is 14.8 Å². The first-order valence-corrected chi connectivity index (χ1v) is 8.10. The fraction of sp³-hybridized carbons (Fsp3) is 0.211. The fourth-order valence-electron chi connectivity index (χ4n) is 2.47. The van der Waals surface area contributed by atoms with Crippen molar-refractivity contribution in [2.75, 3.05) is 18.6 Å². The first-order valence-electron chi connectivity index (χ1n) is 8.10. The highest BCUT2D eigenvalue weighted by Crippen LogP contribution is 2.15. The van der Waals surface area contributed by atoms with E-state index in [2.05, 4.69) is 10.1 Å². The predicted octanol–water partition coefficient (Wildman–Crippen LogP) is 3.08. The Morgan fingerprint density at radius 1 is 1.16 bits per heavy atom. The Balaban J connectivity index is 1.67. The zero-order valence-corrected chi connectivity index (χ0v) is 14.3. The largest absolute Gasteiger partial charge is 0.462 e. The van der Waals surface area contributed by atoms with Gasteiger partial charge in [-0.2, -0.15) is 5.10 Å². The Bertz CT molecular complexity index is 828. The third-order valence-corrected chi connectivity index (χ3v) is 3.73. The van der Waals surface area contributed by atoms with Crippen LogP contribution in [0.2, 0.25) is 0 Å². The van der Waals surface area contributed by atoms with Crippen molar-refractivity contribution < 1.29 is 9.53 Å². The van der Waals surface area contributed by atoms with E-state index in [0.717, 1.165) is 17.1 Å². The van der Waals surface area contributed by atoms with Gasteiger partial charge in [0.2, 0.25) is 0 Å². The molecule has 0 aliphatic carbocycles. The van der Waals surface area contributed by atoms with Crippen LogP contribution in [0.15, 0.2) is 61.1 Å². The van der Waals surface area contributed by atoms with Gasteiger partial charge in [-0.3, -0.25) is 0 Å². The molecule has 2 aromatic heterocycles. The van der Waals surface area contributed by atoms with Crippen LogP contribution in [0, 0.1) is 0 Å². The first-order chi connectivity index (χ1) is 12.2. The lowest BCUT2D eigenvalue weighted by molar-refractivity contribution is 0.0526. The SMILES string of the molecule is CCOC(=O)c1ccc(N(C)Cc2cnn(-c3ccccc3)c2)nc1. The molecule has 0 N–H and O–H groups in total. The number of anilines is 1. The maximum absolute atomic E-state index is 11.7. The molecule has 0 spiro atoms. The third kappa shape index (κ3) is 4.03. The molecule has 0 fully saturated rings. The fourth-order valence-corrected chi connectivity index (χ4v) is 2.47. The molecule has 0 bridgehead atoms. The number of rotatable bonds is 6. The molecule has 0 aliphatic heterocycles. The minimum Gasteiger partial charge on any atom is -0.462 e. The lowest BCUT2D eigenvalue weighted by Crippen LogP contribution is -2.17. The van der Waals surface area contributed by atoms with Crippen molar-refractivity contribution in [1.29, 1.82) is 0 Å². The summed E-state index contributed by atoms with van der Waals surface area (Å²) in [6, 6.07) is 13.5. The molecule has 128 valence electrons. The summed E-state index contributed by atoms with van der Waals surface area (Å²) >= 11 is 0. The van der Waals surface area contributed by atoms with Crippen LogP contribution in [0.5, 0.6) is 0 Å². The topological polar surface area (TPSA) is 60.2 Å². The summed E-state index contributed by atoms with van der Waals surface area (Å²) in [5.74, 6) is 0.425. The molecule has 25 heavy (non-hydrogen) atoms. The van der Waals surface area contributed by atoms with Gasteiger partial charge in [-0.1, -0.05) is 18.2 Å². The second kappa shape index (κ2) is 7.61. The average molecular weight is 336 g/mol. The molecular formula is C19H20N4O2. The average Bonchev–Trinajstić information content (AvgIpc) is 3.11. The second-order valence-electron chi connectivity index (χ2n) is 5.61. The number of aromatic nitrogens is 3. The monoisotopic (exact) mass is 336 g/mol. The maximum atomic E-state index is 11.7. The second-order valence-corrected chi connectivity index (χ2v) is 5.61. The van der Waals surface area contributed by atoms with Crippen LogP contribution < -0.4 is 4.90 Å². The highest BCUT2D eigenvalue weighted by molar-refractivity contribution is 5.89. The van der Waals surface area contributed by atoms with Gasteiger partial charge in [-0.25, -0.2) is 14.5 Å². The van der Waals surface area contributed by atoms with Crippen molar-refractivity contribution in [2.45, 2.75) is 13.5 Å². The number of benzene rings is 1. The van der Waals surface area contributed by atoms with Crippen LogP contribution in [0.4, 0.5) is 5.82 Å². The van der Waals surface area contributed by atoms with Gasteiger partial charge in [-0.15, -0.1) is 0 Å². The quantitative estimate of drug-likeness (QED) is 0.648. The van der Waals surface area contributed by atoms with Crippen LogP contribution in [-0.4, -0.2) is 34.4 Å². The zero-order chi connectivity index (χ0) is 17.6. The smallest absolute Gasteiger partial charge is 0.339 e. The van der Waals surface area contributed by atoms with Gasteiger partial charge in [0.15, 0.2) is 0 Å². The van der Waals surface area contributed by atoms with Gasteiger partial charge >= 0.3 is 5.97 Å². The number of esters is 1. The molecule has 2 heterocycles. The van der Waals surface area contributed by atoms with E-state index in [1.165, 1.54) is 6.20 Å². The third-order valence-electron chi connectivity index (χ3n) is 3.73. The lowest BCUT2D eigenvalue weighted by atomic mass is 10.2. The minimum absolute atomic E-state index is 0.353. The van der Waals surface area contributed by atoms with Gasteiger partial charge in [0.05, 0.1) is 24.1 Å². The predicted molar refractivity (Wildman–Crippen MR) is 95.9 cm³/mol. The van der Waals surface area contributed by atoms with Gasteiger partial charge in [0.1, 0.15) is 5.82 Å². The van der Waals surface area contributed by atoms with E-state index in [9.17, 15) is 4.79 Å². The Hall–Kier alpha value is -3.15. The van der Waals surface area contributed by atoms with E-state index in [1.54, 1.807) is 13.0 Å². The van der Waals surface area contributed by atoms with Gasteiger partial charge in [-0.05, 0) is 31.2 Å². The number of para-hydroxylation sites is 1. The lowest BCUT2D eigenvalue weighted by Gasteiger charge is -2.17. The summed E-state index contributed by atoms with van der Waals surface area (Å²) in [5, 5.41) is 4.40. The highest BCUT2D eigenvalue weighted by atomic mass is 16.5. The number of hydrogen-bond donors (Lipinski definition) is 0. The molecular weight excluding hydrogens is 316 g/mol.